The van der Waals surface area contributed by atoms with Crippen molar-refractivity contribution < 1.29 is 19.0 Å². The van der Waals surface area contributed by atoms with Crippen molar-refractivity contribution in [3.63, 3.8) is 0 Å². The number of phenols is 1. The SMILES string of the molecule is N#Cc1ccc(Oc2cn(C3CCCCO3)nc2-c2cccc(O)c2F)cc1. The Labute approximate surface area is 161 Å². The van der Waals surface area contributed by atoms with Crippen LogP contribution in [0.25, 0.3) is 11.3 Å². The van der Waals surface area contributed by atoms with Gasteiger partial charge < -0.3 is 14.6 Å². The second-order valence-corrected chi connectivity index (χ2v) is 6.52. The number of aromatic hydroxyl groups is 1. The monoisotopic (exact) mass is 379 g/mol. The number of aromatic nitrogens is 2. The van der Waals surface area contributed by atoms with E-state index in [2.05, 4.69) is 11.2 Å². The zero-order valence-electron chi connectivity index (χ0n) is 15.0. The third kappa shape index (κ3) is 3.55. The highest BCUT2D eigenvalue weighted by atomic mass is 19.1. The molecule has 1 N–H and O–H groups in total. The van der Waals surface area contributed by atoms with Crippen molar-refractivity contribution >= 4 is 0 Å². The lowest BCUT2D eigenvalue weighted by atomic mass is 10.1. The minimum atomic E-state index is -0.762. The van der Waals surface area contributed by atoms with Gasteiger partial charge in [0.05, 0.1) is 17.8 Å². The van der Waals surface area contributed by atoms with Gasteiger partial charge in [0.15, 0.2) is 17.3 Å². The summed E-state index contributed by atoms with van der Waals surface area (Å²) in [5.41, 5.74) is 0.919. The molecule has 0 radical (unpaired) electrons. The van der Waals surface area contributed by atoms with E-state index < -0.39 is 11.6 Å². The number of benzene rings is 2. The first kappa shape index (κ1) is 18.0. The number of nitriles is 1. The predicted molar refractivity (Wildman–Crippen MR) is 99.4 cm³/mol. The van der Waals surface area contributed by atoms with Gasteiger partial charge in [0.2, 0.25) is 0 Å². The Balaban J connectivity index is 1.74. The zero-order chi connectivity index (χ0) is 19.5. The maximum absolute atomic E-state index is 14.5. The topological polar surface area (TPSA) is 80.3 Å². The van der Waals surface area contributed by atoms with E-state index in [0.29, 0.717) is 23.7 Å². The molecule has 7 heteroatoms. The van der Waals surface area contributed by atoms with Crippen LogP contribution >= 0.6 is 0 Å². The van der Waals surface area contributed by atoms with Crippen molar-refractivity contribution in [3.05, 3.63) is 60.0 Å². The second kappa shape index (κ2) is 7.71. The molecule has 1 atom stereocenters. The van der Waals surface area contributed by atoms with E-state index in [9.17, 15) is 9.50 Å². The van der Waals surface area contributed by atoms with Crippen LogP contribution in [0, 0.1) is 17.1 Å². The average Bonchev–Trinajstić information content (AvgIpc) is 3.15. The number of rotatable bonds is 4. The molecule has 1 aromatic heterocycles. The van der Waals surface area contributed by atoms with E-state index in [1.807, 2.05) is 0 Å². The van der Waals surface area contributed by atoms with Crippen molar-refractivity contribution in [2.75, 3.05) is 6.61 Å². The van der Waals surface area contributed by atoms with Crippen LogP contribution in [0.5, 0.6) is 17.2 Å². The minimum Gasteiger partial charge on any atom is -0.505 e. The van der Waals surface area contributed by atoms with Gasteiger partial charge in [-0.1, -0.05) is 6.07 Å². The predicted octanol–water partition coefficient (Wildman–Crippen LogP) is 4.76. The van der Waals surface area contributed by atoms with Crippen molar-refractivity contribution in [2.24, 2.45) is 0 Å². The Morgan fingerprint density at radius 3 is 2.75 bits per heavy atom. The first-order chi connectivity index (χ1) is 13.7. The summed E-state index contributed by atoms with van der Waals surface area (Å²) in [5, 5.41) is 23.2. The van der Waals surface area contributed by atoms with Gasteiger partial charge in [-0.25, -0.2) is 9.07 Å². The normalized spacial score (nSPS) is 16.5. The van der Waals surface area contributed by atoms with E-state index in [-0.39, 0.29) is 17.5 Å². The van der Waals surface area contributed by atoms with Crippen molar-refractivity contribution in [1.82, 2.24) is 9.78 Å². The van der Waals surface area contributed by atoms with Crippen LogP contribution in [0.1, 0.15) is 31.1 Å². The summed E-state index contributed by atoms with van der Waals surface area (Å²) < 4.78 is 27.9. The molecule has 0 spiro atoms. The third-order valence-electron chi connectivity index (χ3n) is 4.59. The van der Waals surface area contributed by atoms with Crippen LogP contribution in [0.2, 0.25) is 0 Å². The smallest absolute Gasteiger partial charge is 0.174 e. The second-order valence-electron chi connectivity index (χ2n) is 6.52. The highest BCUT2D eigenvalue weighted by Crippen LogP contribution is 2.37. The summed E-state index contributed by atoms with van der Waals surface area (Å²) in [7, 11) is 0. The fraction of sp³-hybridized carbons (Fsp3) is 0.238. The van der Waals surface area contributed by atoms with Gasteiger partial charge in [-0.05, 0) is 55.7 Å². The number of halogens is 1. The Hall–Kier alpha value is -3.37. The van der Waals surface area contributed by atoms with Crippen molar-refractivity contribution in [2.45, 2.75) is 25.5 Å². The number of phenolic OH excluding ortho intramolecular Hbond substituents is 1. The van der Waals surface area contributed by atoms with E-state index >= 15 is 0 Å². The fourth-order valence-corrected chi connectivity index (χ4v) is 3.14. The summed E-state index contributed by atoms with van der Waals surface area (Å²) in [4.78, 5) is 0. The Kier molecular flexibility index (Phi) is 4.96. The Bertz CT molecular complexity index is 1020. The lowest BCUT2D eigenvalue weighted by molar-refractivity contribution is -0.0394. The molecule has 28 heavy (non-hydrogen) atoms. The quantitative estimate of drug-likeness (QED) is 0.707. The van der Waals surface area contributed by atoms with E-state index in [1.165, 1.54) is 12.1 Å². The number of ether oxygens (including phenoxy) is 2. The van der Waals surface area contributed by atoms with Crippen LogP contribution in [-0.4, -0.2) is 21.5 Å². The molecule has 0 amide bonds. The molecule has 1 aliphatic rings. The fourth-order valence-electron chi connectivity index (χ4n) is 3.14. The molecule has 1 aliphatic heterocycles. The molecule has 1 unspecified atom stereocenters. The lowest BCUT2D eigenvalue weighted by Crippen LogP contribution is -2.18. The standard InChI is InChI=1S/C21H18FN3O3/c22-20-16(4-3-5-17(20)26)21-18(28-15-9-7-14(12-23)8-10-15)13-25(24-21)19-6-1-2-11-27-19/h3-5,7-10,13,19,26H,1-2,6,11H2. The summed E-state index contributed by atoms with van der Waals surface area (Å²) in [6, 6.07) is 13.0. The number of nitrogens with zero attached hydrogens (tertiary/aromatic N) is 3. The van der Waals surface area contributed by atoms with Gasteiger partial charge >= 0.3 is 0 Å². The molecular weight excluding hydrogens is 361 g/mol. The van der Waals surface area contributed by atoms with Gasteiger partial charge in [0, 0.05) is 12.2 Å². The first-order valence-electron chi connectivity index (χ1n) is 9.02. The molecule has 0 saturated carbocycles. The van der Waals surface area contributed by atoms with Gasteiger partial charge in [-0.3, -0.25) is 0 Å². The van der Waals surface area contributed by atoms with E-state index in [1.54, 1.807) is 41.2 Å². The van der Waals surface area contributed by atoms with Gasteiger partial charge in [0.25, 0.3) is 0 Å². The molecule has 142 valence electrons. The third-order valence-corrected chi connectivity index (χ3v) is 4.59. The first-order valence-corrected chi connectivity index (χ1v) is 9.02. The van der Waals surface area contributed by atoms with Crippen LogP contribution in [-0.2, 0) is 4.74 Å². The molecule has 2 heterocycles. The van der Waals surface area contributed by atoms with Gasteiger partial charge in [-0.15, -0.1) is 0 Å². The molecule has 1 fully saturated rings. The maximum atomic E-state index is 14.5. The van der Waals surface area contributed by atoms with Crippen molar-refractivity contribution in [3.8, 4) is 34.6 Å². The summed E-state index contributed by atoms with van der Waals surface area (Å²) in [6.45, 7) is 0.645. The number of hydrogen-bond acceptors (Lipinski definition) is 5. The summed E-state index contributed by atoms with van der Waals surface area (Å²) in [5.74, 6) is -0.388. The molecular formula is C21H18FN3O3. The Morgan fingerprint density at radius 1 is 1.21 bits per heavy atom. The average molecular weight is 379 g/mol. The van der Waals surface area contributed by atoms with Crippen LogP contribution in [0.15, 0.2) is 48.7 Å². The molecule has 2 aromatic carbocycles. The highest BCUT2D eigenvalue weighted by molar-refractivity contribution is 5.68. The minimum absolute atomic E-state index is 0.137. The lowest BCUT2D eigenvalue weighted by Gasteiger charge is -2.22. The van der Waals surface area contributed by atoms with Gasteiger partial charge in [0.1, 0.15) is 17.7 Å². The Morgan fingerprint density at radius 2 is 2.04 bits per heavy atom. The van der Waals surface area contributed by atoms with E-state index in [0.717, 1.165) is 19.3 Å². The molecule has 3 aromatic rings. The molecule has 1 saturated heterocycles. The van der Waals surface area contributed by atoms with Crippen LogP contribution in [0.3, 0.4) is 0 Å². The maximum Gasteiger partial charge on any atom is 0.174 e. The largest absolute Gasteiger partial charge is 0.505 e. The highest BCUT2D eigenvalue weighted by Gasteiger charge is 2.23. The van der Waals surface area contributed by atoms with Gasteiger partial charge in [-0.2, -0.15) is 10.4 Å². The molecule has 0 bridgehead atoms. The van der Waals surface area contributed by atoms with Crippen LogP contribution in [0.4, 0.5) is 4.39 Å². The van der Waals surface area contributed by atoms with Crippen molar-refractivity contribution in [1.29, 1.82) is 5.26 Å². The number of hydrogen-bond donors (Lipinski definition) is 1. The van der Waals surface area contributed by atoms with E-state index in [4.69, 9.17) is 14.7 Å². The summed E-state index contributed by atoms with van der Waals surface area (Å²) in [6.07, 6.45) is 4.26. The molecule has 6 nitrogen and oxygen atoms in total. The zero-order valence-corrected chi connectivity index (χ0v) is 15.0. The molecule has 4 rings (SSSR count). The van der Waals surface area contributed by atoms with Crippen LogP contribution < -0.4 is 4.74 Å². The summed E-state index contributed by atoms with van der Waals surface area (Å²) >= 11 is 0. The molecule has 0 aliphatic carbocycles.